The lowest BCUT2D eigenvalue weighted by Crippen LogP contribution is -2.45. The first-order valence-electron chi connectivity index (χ1n) is 7.70. The SMILES string of the molecule is Cn1cncc1C(=O)NCC1(c2ccccc2Cl)CCOCC1. The number of nitrogens with zero attached hydrogens (tertiary/aromatic N) is 2. The summed E-state index contributed by atoms with van der Waals surface area (Å²) in [6.45, 7) is 1.88. The van der Waals surface area contributed by atoms with Crippen LogP contribution < -0.4 is 5.32 Å². The molecule has 1 saturated heterocycles. The van der Waals surface area contributed by atoms with Crippen LogP contribution in [-0.2, 0) is 17.2 Å². The lowest BCUT2D eigenvalue weighted by Gasteiger charge is -2.38. The second-order valence-corrected chi connectivity index (χ2v) is 6.35. The highest BCUT2D eigenvalue weighted by molar-refractivity contribution is 6.31. The third-order valence-electron chi connectivity index (χ3n) is 4.53. The Balaban J connectivity index is 1.82. The highest BCUT2D eigenvalue weighted by Gasteiger charge is 2.36. The molecule has 0 radical (unpaired) electrons. The van der Waals surface area contributed by atoms with Gasteiger partial charge in [-0.3, -0.25) is 4.79 Å². The van der Waals surface area contributed by atoms with Gasteiger partial charge < -0.3 is 14.6 Å². The molecule has 0 bridgehead atoms. The fourth-order valence-electron chi connectivity index (χ4n) is 3.11. The maximum Gasteiger partial charge on any atom is 0.269 e. The monoisotopic (exact) mass is 333 g/mol. The summed E-state index contributed by atoms with van der Waals surface area (Å²) in [5.74, 6) is -0.122. The zero-order valence-electron chi connectivity index (χ0n) is 13.1. The summed E-state index contributed by atoms with van der Waals surface area (Å²) in [6, 6.07) is 7.86. The Morgan fingerprint density at radius 2 is 2.13 bits per heavy atom. The number of rotatable bonds is 4. The summed E-state index contributed by atoms with van der Waals surface area (Å²) >= 11 is 6.42. The number of halogens is 1. The first-order chi connectivity index (χ1) is 11.1. The third kappa shape index (κ3) is 3.26. The second-order valence-electron chi connectivity index (χ2n) is 5.95. The van der Waals surface area contributed by atoms with Crippen LogP contribution >= 0.6 is 11.6 Å². The number of carbonyl (C=O) groups is 1. The summed E-state index contributed by atoms with van der Waals surface area (Å²) in [7, 11) is 1.81. The molecule has 0 aliphatic carbocycles. The number of hydrogen-bond acceptors (Lipinski definition) is 3. The van der Waals surface area contributed by atoms with Crippen molar-refractivity contribution in [3.63, 3.8) is 0 Å². The lowest BCUT2D eigenvalue weighted by molar-refractivity contribution is 0.0486. The van der Waals surface area contributed by atoms with Crippen molar-refractivity contribution in [3.05, 3.63) is 53.1 Å². The molecule has 1 amide bonds. The van der Waals surface area contributed by atoms with E-state index in [1.54, 1.807) is 24.1 Å². The van der Waals surface area contributed by atoms with Crippen LogP contribution in [0.2, 0.25) is 5.02 Å². The van der Waals surface area contributed by atoms with Crippen LogP contribution in [0, 0.1) is 0 Å². The van der Waals surface area contributed by atoms with E-state index < -0.39 is 0 Å². The molecule has 122 valence electrons. The minimum absolute atomic E-state index is 0.122. The molecule has 2 heterocycles. The van der Waals surface area contributed by atoms with E-state index in [0.717, 1.165) is 23.4 Å². The maximum absolute atomic E-state index is 12.4. The van der Waals surface area contributed by atoms with Crippen LogP contribution in [-0.4, -0.2) is 35.2 Å². The molecule has 1 aromatic carbocycles. The van der Waals surface area contributed by atoms with E-state index >= 15 is 0 Å². The van der Waals surface area contributed by atoms with Crippen molar-refractivity contribution in [2.45, 2.75) is 18.3 Å². The number of amides is 1. The average molecular weight is 334 g/mol. The van der Waals surface area contributed by atoms with E-state index in [1.165, 1.54) is 0 Å². The number of nitrogens with one attached hydrogen (secondary N) is 1. The first-order valence-corrected chi connectivity index (χ1v) is 8.07. The molecule has 1 aliphatic rings. The topological polar surface area (TPSA) is 56.2 Å². The summed E-state index contributed by atoms with van der Waals surface area (Å²) in [6.07, 6.45) is 4.86. The van der Waals surface area contributed by atoms with Crippen molar-refractivity contribution in [2.24, 2.45) is 7.05 Å². The molecular formula is C17H20ClN3O2. The smallest absolute Gasteiger partial charge is 0.269 e. The van der Waals surface area contributed by atoms with Crippen LogP contribution in [0.15, 0.2) is 36.8 Å². The maximum atomic E-state index is 12.4. The molecule has 0 atom stereocenters. The summed E-state index contributed by atoms with van der Waals surface area (Å²) in [5, 5.41) is 3.79. The highest BCUT2D eigenvalue weighted by atomic mass is 35.5. The van der Waals surface area contributed by atoms with E-state index in [1.807, 2.05) is 24.3 Å². The van der Waals surface area contributed by atoms with E-state index in [9.17, 15) is 4.79 Å². The summed E-state index contributed by atoms with van der Waals surface area (Å²) < 4.78 is 7.22. The molecule has 6 heteroatoms. The third-order valence-corrected chi connectivity index (χ3v) is 4.86. The molecule has 0 saturated carbocycles. The van der Waals surface area contributed by atoms with Gasteiger partial charge in [0.25, 0.3) is 5.91 Å². The largest absolute Gasteiger partial charge is 0.381 e. The highest BCUT2D eigenvalue weighted by Crippen LogP contribution is 2.38. The van der Waals surface area contributed by atoms with Crippen molar-refractivity contribution >= 4 is 17.5 Å². The minimum atomic E-state index is -0.190. The van der Waals surface area contributed by atoms with Crippen molar-refractivity contribution in [1.82, 2.24) is 14.9 Å². The van der Waals surface area contributed by atoms with Gasteiger partial charge in [0, 0.05) is 37.2 Å². The minimum Gasteiger partial charge on any atom is -0.381 e. The van der Waals surface area contributed by atoms with Gasteiger partial charge in [-0.15, -0.1) is 0 Å². The van der Waals surface area contributed by atoms with E-state index in [-0.39, 0.29) is 11.3 Å². The van der Waals surface area contributed by atoms with Gasteiger partial charge in [-0.05, 0) is 24.5 Å². The Kier molecular flexibility index (Phi) is 4.68. The van der Waals surface area contributed by atoms with Crippen LogP contribution in [0.5, 0.6) is 0 Å². The zero-order chi connectivity index (χ0) is 16.3. The van der Waals surface area contributed by atoms with Gasteiger partial charge in [-0.2, -0.15) is 0 Å². The molecule has 23 heavy (non-hydrogen) atoms. The van der Waals surface area contributed by atoms with Crippen molar-refractivity contribution < 1.29 is 9.53 Å². The Labute approximate surface area is 140 Å². The molecule has 2 aromatic rings. The fraction of sp³-hybridized carbons (Fsp3) is 0.412. The van der Waals surface area contributed by atoms with Gasteiger partial charge in [0.15, 0.2) is 0 Å². The van der Waals surface area contributed by atoms with E-state index in [2.05, 4.69) is 10.3 Å². The quantitative estimate of drug-likeness (QED) is 0.935. The van der Waals surface area contributed by atoms with Gasteiger partial charge in [0.05, 0.1) is 12.5 Å². The number of benzene rings is 1. The van der Waals surface area contributed by atoms with Crippen molar-refractivity contribution in [2.75, 3.05) is 19.8 Å². The van der Waals surface area contributed by atoms with Gasteiger partial charge in [0.2, 0.25) is 0 Å². The molecule has 0 unspecified atom stereocenters. The number of hydrogen-bond donors (Lipinski definition) is 1. The van der Waals surface area contributed by atoms with E-state index in [0.29, 0.717) is 25.5 Å². The van der Waals surface area contributed by atoms with Gasteiger partial charge in [0.1, 0.15) is 5.69 Å². The molecule has 1 aliphatic heterocycles. The Hall–Kier alpha value is -1.85. The summed E-state index contributed by atoms with van der Waals surface area (Å²) in [5.41, 5.74) is 1.44. The van der Waals surface area contributed by atoms with Gasteiger partial charge in [-0.1, -0.05) is 29.8 Å². The van der Waals surface area contributed by atoms with Crippen LogP contribution in [0.1, 0.15) is 28.9 Å². The molecule has 5 nitrogen and oxygen atoms in total. The van der Waals surface area contributed by atoms with Crippen LogP contribution in [0.4, 0.5) is 0 Å². The molecule has 1 N–H and O–H groups in total. The van der Waals surface area contributed by atoms with Gasteiger partial charge >= 0.3 is 0 Å². The molecule has 1 aromatic heterocycles. The predicted octanol–water partition coefficient (Wildman–Crippen LogP) is 2.55. The Bertz CT molecular complexity index is 693. The molecular weight excluding hydrogens is 314 g/mol. The number of carbonyl (C=O) groups excluding carboxylic acids is 1. The number of imidazole rings is 1. The second kappa shape index (κ2) is 6.72. The number of aryl methyl sites for hydroxylation is 1. The first kappa shape index (κ1) is 16.0. The molecule has 3 rings (SSSR count). The van der Waals surface area contributed by atoms with Crippen molar-refractivity contribution in [1.29, 1.82) is 0 Å². The molecule has 1 fully saturated rings. The fourth-order valence-corrected chi connectivity index (χ4v) is 3.45. The van der Waals surface area contributed by atoms with Crippen LogP contribution in [0.3, 0.4) is 0 Å². The molecule has 0 spiro atoms. The Morgan fingerprint density at radius 3 is 2.78 bits per heavy atom. The lowest BCUT2D eigenvalue weighted by atomic mass is 9.74. The predicted molar refractivity (Wildman–Crippen MR) is 88.7 cm³/mol. The normalized spacial score (nSPS) is 17.0. The number of aromatic nitrogens is 2. The average Bonchev–Trinajstić information content (AvgIpc) is 3.00. The summed E-state index contributed by atoms with van der Waals surface area (Å²) in [4.78, 5) is 16.4. The van der Waals surface area contributed by atoms with Crippen LogP contribution in [0.25, 0.3) is 0 Å². The Morgan fingerprint density at radius 1 is 1.39 bits per heavy atom. The van der Waals surface area contributed by atoms with Crippen molar-refractivity contribution in [3.8, 4) is 0 Å². The number of ether oxygens (including phenoxy) is 1. The zero-order valence-corrected chi connectivity index (χ0v) is 13.8. The standard InChI is InChI=1S/C17H20ClN3O2/c1-21-12-19-10-15(21)16(22)20-11-17(6-8-23-9-7-17)13-4-2-3-5-14(13)18/h2-5,10,12H,6-9,11H2,1H3,(H,20,22). The van der Waals surface area contributed by atoms with E-state index in [4.69, 9.17) is 16.3 Å². The van der Waals surface area contributed by atoms with Gasteiger partial charge in [-0.25, -0.2) is 4.98 Å².